The molecule has 0 aromatic heterocycles. The number of para-hydroxylation sites is 3. The highest BCUT2D eigenvalue weighted by Crippen LogP contribution is 2.27. The molecule has 1 N–H and O–H groups in total. The summed E-state index contributed by atoms with van der Waals surface area (Å²) in [6.45, 7) is 7.47. The molecule has 156 valence electrons. The SMILES string of the molecule is CCOc1ccccc1N1CC[NH+](CC(=O)N(C)Cc2ccccc2OC)CC1. The average molecular weight is 399 g/mol. The molecule has 0 radical (unpaired) electrons. The lowest BCUT2D eigenvalue weighted by Gasteiger charge is -2.34. The van der Waals surface area contributed by atoms with E-state index >= 15 is 0 Å². The van der Waals surface area contributed by atoms with Crippen LogP contribution in [0.25, 0.3) is 0 Å². The Morgan fingerprint density at radius 1 is 1.07 bits per heavy atom. The highest BCUT2D eigenvalue weighted by atomic mass is 16.5. The molecule has 1 heterocycles. The monoisotopic (exact) mass is 398 g/mol. The van der Waals surface area contributed by atoms with Gasteiger partial charge >= 0.3 is 0 Å². The zero-order valence-corrected chi connectivity index (χ0v) is 17.7. The number of likely N-dealkylation sites (N-methyl/N-ethyl adjacent to an activating group) is 1. The molecule has 29 heavy (non-hydrogen) atoms. The molecule has 1 aliphatic heterocycles. The normalized spacial score (nSPS) is 14.5. The standard InChI is InChI=1S/C23H31N3O3/c1-4-29-22-12-8-6-10-20(22)26-15-13-25(14-16-26)18-23(27)24(2)17-19-9-5-7-11-21(19)28-3/h5-12H,4,13-18H2,1-3H3/p+1. The summed E-state index contributed by atoms with van der Waals surface area (Å²) >= 11 is 0. The number of nitrogens with zero attached hydrogens (tertiary/aromatic N) is 2. The van der Waals surface area contributed by atoms with E-state index in [1.165, 1.54) is 4.90 Å². The van der Waals surface area contributed by atoms with Crippen LogP contribution < -0.4 is 19.3 Å². The number of carbonyl (C=O) groups is 1. The van der Waals surface area contributed by atoms with Crippen LogP contribution in [0.1, 0.15) is 12.5 Å². The first-order chi connectivity index (χ1) is 14.1. The van der Waals surface area contributed by atoms with Crippen molar-refractivity contribution < 1.29 is 19.2 Å². The summed E-state index contributed by atoms with van der Waals surface area (Å²) in [6.07, 6.45) is 0. The third kappa shape index (κ3) is 5.41. The van der Waals surface area contributed by atoms with E-state index in [9.17, 15) is 4.79 Å². The molecule has 6 nitrogen and oxygen atoms in total. The number of hydrogen-bond acceptors (Lipinski definition) is 4. The van der Waals surface area contributed by atoms with Gasteiger partial charge in [-0.25, -0.2) is 0 Å². The van der Waals surface area contributed by atoms with Crippen LogP contribution in [0.15, 0.2) is 48.5 Å². The molecule has 0 bridgehead atoms. The summed E-state index contributed by atoms with van der Waals surface area (Å²) in [5, 5.41) is 0. The first kappa shape index (κ1) is 21.0. The van der Waals surface area contributed by atoms with Crippen molar-refractivity contribution in [1.29, 1.82) is 0 Å². The van der Waals surface area contributed by atoms with Crippen molar-refractivity contribution in [1.82, 2.24) is 4.90 Å². The molecule has 2 aromatic rings. The van der Waals surface area contributed by atoms with E-state index in [-0.39, 0.29) is 5.91 Å². The number of benzene rings is 2. The summed E-state index contributed by atoms with van der Waals surface area (Å²) in [7, 11) is 3.52. The first-order valence-corrected chi connectivity index (χ1v) is 10.3. The number of piperazine rings is 1. The van der Waals surface area contributed by atoms with Crippen LogP contribution in [-0.4, -0.2) is 64.3 Å². The largest absolute Gasteiger partial charge is 0.496 e. The first-order valence-electron chi connectivity index (χ1n) is 10.3. The maximum absolute atomic E-state index is 12.7. The number of nitrogens with one attached hydrogen (secondary N) is 1. The maximum Gasteiger partial charge on any atom is 0.277 e. The molecule has 0 spiro atoms. The number of ether oxygens (including phenoxy) is 2. The van der Waals surface area contributed by atoms with Crippen LogP contribution in [0.3, 0.4) is 0 Å². The molecular formula is C23H32N3O3+. The Morgan fingerprint density at radius 3 is 2.41 bits per heavy atom. The lowest BCUT2D eigenvalue weighted by molar-refractivity contribution is -0.892. The van der Waals surface area contributed by atoms with Crippen LogP contribution in [0, 0.1) is 0 Å². The quantitative estimate of drug-likeness (QED) is 0.731. The van der Waals surface area contributed by atoms with Gasteiger partial charge in [-0.2, -0.15) is 0 Å². The Hall–Kier alpha value is -2.73. The predicted molar refractivity (Wildman–Crippen MR) is 115 cm³/mol. The van der Waals surface area contributed by atoms with Gasteiger partial charge in [-0.15, -0.1) is 0 Å². The Balaban J connectivity index is 1.52. The van der Waals surface area contributed by atoms with Crippen LogP contribution in [0.2, 0.25) is 0 Å². The van der Waals surface area contributed by atoms with E-state index in [4.69, 9.17) is 9.47 Å². The Labute approximate surface area is 173 Å². The van der Waals surface area contributed by atoms with Crippen molar-refractivity contribution in [3.63, 3.8) is 0 Å². The van der Waals surface area contributed by atoms with Gasteiger partial charge in [0.15, 0.2) is 6.54 Å². The molecule has 1 amide bonds. The summed E-state index contributed by atoms with van der Waals surface area (Å²) in [5.41, 5.74) is 2.17. The number of anilines is 1. The van der Waals surface area contributed by atoms with Crippen molar-refractivity contribution in [2.75, 3.05) is 58.4 Å². The average Bonchev–Trinajstić information content (AvgIpc) is 2.75. The second-order valence-electron chi connectivity index (χ2n) is 7.38. The minimum Gasteiger partial charge on any atom is -0.496 e. The minimum atomic E-state index is 0.161. The Bertz CT molecular complexity index is 803. The highest BCUT2D eigenvalue weighted by molar-refractivity contribution is 5.76. The third-order valence-electron chi connectivity index (χ3n) is 5.40. The summed E-state index contributed by atoms with van der Waals surface area (Å²) in [6, 6.07) is 16.0. The van der Waals surface area contributed by atoms with Crippen LogP contribution >= 0.6 is 0 Å². The number of methoxy groups -OCH3 is 1. The van der Waals surface area contributed by atoms with E-state index in [0.29, 0.717) is 19.7 Å². The van der Waals surface area contributed by atoms with Crippen molar-refractivity contribution >= 4 is 11.6 Å². The molecule has 1 fully saturated rings. The number of quaternary nitrogens is 1. The van der Waals surface area contributed by atoms with Gasteiger partial charge in [-0.3, -0.25) is 4.79 Å². The van der Waals surface area contributed by atoms with Crippen molar-refractivity contribution in [3.8, 4) is 11.5 Å². The van der Waals surface area contributed by atoms with Gasteiger partial charge in [-0.1, -0.05) is 30.3 Å². The maximum atomic E-state index is 12.7. The molecule has 1 saturated heterocycles. The lowest BCUT2D eigenvalue weighted by atomic mass is 10.2. The van der Waals surface area contributed by atoms with Gasteiger partial charge in [0, 0.05) is 19.2 Å². The van der Waals surface area contributed by atoms with Crippen LogP contribution in [-0.2, 0) is 11.3 Å². The lowest BCUT2D eigenvalue weighted by Crippen LogP contribution is -3.15. The number of amides is 1. The van der Waals surface area contributed by atoms with Crippen molar-refractivity contribution in [2.45, 2.75) is 13.5 Å². The van der Waals surface area contributed by atoms with Crippen molar-refractivity contribution in [2.24, 2.45) is 0 Å². The van der Waals surface area contributed by atoms with Crippen LogP contribution in [0.4, 0.5) is 5.69 Å². The molecule has 2 aromatic carbocycles. The second kappa shape index (κ2) is 10.2. The van der Waals surface area contributed by atoms with Crippen molar-refractivity contribution in [3.05, 3.63) is 54.1 Å². The third-order valence-corrected chi connectivity index (χ3v) is 5.40. The summed E-state index contributed by atoms with van der Waals surface area (Å²) in [5.74, 6) is 1.92. The highest BCUT2D eigenvalue weighted by Gasteiger charge is 2.25. The fraction of sp³-hybridized carbons (Fsp3) is 0.435. The fourth-order valence-corrected chi connectivity index (χ4v) is 3.76. The van der Waals surface area contributed by atoms with E-state index in [1.807, 2.05) is 56.4 Å². The van der Waals surface area contributed by atoms with Gasteiger partial charge in [0.2, 0.25) is 0 Å². The van der Waals surface area contributed by atoms with E-state index < -0.39 is 0 Å². The summed E-state index contributed by atoms with van der Waals surface area (Å²) < 4.78 is 11.2. The Kier molecular flexibility index (Phi) is 7.36. The van der Waals surface area contributed by atoms with Crippen LogP contribution in [0.5, 0.6) is 11.5 Å². The molecule has 0 aliphatic carbocycles. The van der Waals surface area contributed by atoms with Gasteiger partial charge in [0.05, 0.1) is 45.6 Å². The van der Waals surface area contributed by atoms with E-state index in [1.54, 1.807) is 12.0 Å². The number of carbonyl (C=O) groups excluding carboxylic acids is 1. The van der Waals surface area contributed by atoms with E-state index in [0.717, 1.165) is 48.9 Å². The van der Waals surface area contributed by atoms with Gasteiger partial charge < -0.3 is 24.2 Å². The molecule has 0 saturated carbocycles. The second-order valence-corrected chi connectivity index (χ2v) is 7.38. The topological polar surface area (TPSA) is 46.5 Å². The predicted octanol–water partition coefficient (Wildman–Crippen LogP) is 1.46. The van der Waals surface area contributed by atoms with Gasteiger partial charge in [0.25, 0.3) is 5.91 Å². The van der Waals surface area contributed by atoms with Gasteiger partial charge in [-0.05, 0) is 25.1 Å². The van der Waals surface area contributed by atoms with Gasteiger partial charge in [0.1, 0.15) is 11.5 Å². The van der Waals surface area contributed by atoms with E-state index in [2.05, 4.69) is 11.0 Å². The molecule has 0 atom stereocenters. The fourth-order valence-electron chi connectivity index (χ4n) is 3.76. The molecule has 1 aliphatic rings. The Morgan fingerprint density at radius 2 is 1.72 bits per heavy atom. The zero-order valence-electron chi connectivity index (χ0n) is 17.7. The molecule has 6 heteroatoms. The minimum absolute atomic E-state index is 0.161. The number of hydrogen-bond donors (Lipinski definition) is 1. The molecule has 3 rings (SSSR count). The number of rotatable bonds is 8. The zero-order chi connectivity index (χ0) is 20.6. The molecule has 0 unspecified atom stereocenters. The molecular weight excluding hydrogens is 366 g/mol. The summed E-state index contributed by atoms with van der Waals surface area (Å²) in [4.78, 5) is 18.2. The smallest absolute Gasteiger partial charge is 0.277 e.